The summed E-state index contributed by atoms with van der Waals surface area (Å²) in [6, 6.07) is 8.66. The van der Waals surface area contributed by atoms with Crippen molar-refractivity contribution in [3.8, 4) is 0 Å². The predicted molar refractivity (Wildman–Crippen MR) is 84.5 cm³/mol. The molecule has 0 fully saturated rings. The lowest BCUT2D eigenvalue weighted by molar-refractivity contribution is 0.198. The number of aryl methyl sites for hydroxylation is 1. The van der Waals surface area contributed by atoms with E-state index in [0.29, 0.717) is 5.41 Å². The van der Waals surface area contributed by atoms with Crippen LogP contribution in [0.3, 0.4) is 0 Å². The predicted octanol–water partition coefficient (Wildman–Crippen LogP) is 3.45. The Balaban J connectivity index is 2.46. The Morgan fingerprint density at radius 1 is 1.21 bits per heavy atom. The molecule has 0 aromatic heterocycles. The number of benzene rings is 1. The molecular formula is C17H30N2. The van der Waals surface area contributed by atoms with Gasteiger partial charge in [0.25, 0.3) is 0 Å². The maximum atomic E-state index is 3.53. The summed E-state index contributed by atoms with van der Waals surface area (Å²) in [5.74, 6) is 0. The largest absolute Gasteiger partial charge is 0.316 e. The molecule has 0 aliphatic carbocycles. The molecule has 0 spiro atoms. The topological polar surface area (TPSA) is 15.3 Å². The first-order valence-electron chi connectivity index (χ1n) is 7.38. The van der Waals surface area contributed by atoms with Crippen molar-refractivity contribution in [2.75, 3.05) is 26.7 Å². The lowest BCUT2D eigenvalue weighted by Crippen LogP contribution is -2.39. The van der Waals surface area contributed by atoms with Gasteiger partial charge in [0.2, 0.25) is 0 Å². The average Bonchev–Trinajstić information content (AvgIpc) is 2.31. The molecule has 1 N–H and O–H groups in total. The molecule has 1 aromatic carbocycles. The molecule has 108 valence electrons. The van der Waals surface area contributed by atoms with Gasteiger partial charge in [-0.05, 0) is 43.5 Å². The van der Waals surface area contributed by atoms with E-state index in [-0.39, 0.29) is 0 Å². The Kier molecular flexibility index (Phi) is 6.53. The van der Waals surface area contributed by atoms with Crippen LogP contribution in [-0.4, -0.2) is 31.6 Å². The first-order valence-corrected chi connectivity index (χ1v) is 7.38. The molecule has 1 aromatic rings. The number of hydrogen-bond acceptors (Lipinski definition) is 2. The highest BCUT2D eigenvalue weighted by Gasteiger charge is 2.19. The van der Waals surface area contributed by atoms with Gasteiger partial charge >= 0.3 is 0 Å². The third-order valence-electron chi connectivity index (χ3n) is 3.43. The molecule has 0 atom stereocenters. The van der Waals surface area contributed by atoms with Crippen LogP contribution < -0.4 is 5.32 Å². The molecule has 0 amide bonds. The van der Waals surface area contributed by atoms with E-state index < -0.39 is 0 Å². The molecule has 0 saturated carbocycles. The van der Waals surface area contributed by atoms with Gasteiger partial charge in [-0.25, -0.2) is 0 Å². The van der Waals surface area contributed by atoms with Gasteiger partial charge in [-0.2, -0.15) is 0 Å². The minimum Gasteiger partial charge on any atom is -0.316 e. The Bertz CT molecular complexity index is 371. The van der Waals surface area contributed by atoms with Crippen molar-refractivity contribution in [3.63, 3.8) is 0 Å². The van der Waals surface area contributed by atoms with Gasteiger partial charge in [-0.3, -0.25) is 0 Å². The van der Waals surface area contributed by atoms with Gasteiger partial charge in [0.1, 0.15) is 0 Å². The molecule has 0 heterocycles. The number of nitrogens with one attached hydrogen (secondary N) is 1. The Labute approximate surface area is 119 Å². The third-order valence-corrected chi connectivity index (χ3v) is 3.43. The van der Waals surface area contributed by atoms with E-state index in [1.165, 1.54) is 17.5 Å². The second-order valence-corrected chi connectivity index (χ2v) is 6.44. The molecule has 0 bridgehead atoms. The van der Waals surface area contributed by atoms with Crippen molar-refractivity contribution in [1.82, 2.24) is 10.2 Å². The number of nitrogens with zero attached hydrogens (tertiary/aromatic N) is 1. The Morgan fingerprint density at radius 2 is 1.89 bits per heavy atom. The fourth-order valence-corrected chi connectivity index (χ4v) is 2.52. The zero-order valence-corrected chi connectivity index (χ0v) is 13.3. The van der Waals surface area contributed by atoms with Crippen LogP contribution in [0.5, 0.6) is 0 Å². The van der Waals surface area contributed by atoms with E-state index in [1.807, 2.05) is 0 Å². The Hall–Kier alpha value is -0.860. The second kappa shape index (κ2) is 7.66. The molecule has 2 heteroatoms. The minimum atomic E-state index is 0.312. The van der Waals surface area contributed by atoms with E-state index >= 15 is 0 Å². The number of rotatable bonds is 8. The summed E-state index contributed by atoms with van der Waals surface area (Å²) in [6.45, 7) is 13.4. The third kappa shape index (κ3) is 6.22. The van der Waals surface area contributed by atoms with E-state index in [4.69, 9.17) is 0 Å². The maximum absolute atomic E-state index is 3.53. The molecule has 0 aliphatic rings. The standard InChI is InChI=1S/C17H30N2/c1-6-11-18-13-17(3,4)14-19(5)12-16-10-8-7-9-15(16)2/h7-10,18H,6,11-14H2,1-5H3. The average molecular weight is 262 g/mol. The molecule has 0 aliphatic heterocycles. The highest BCUT2D eigenvalue weighted by atomic mass is 15.1. The summed E-state index contributed by atoms with van der Waals surface area (Å²) >= 11 is 0. The van der Waals surface area contributed by atoms with Crippen LogP contribution in [0.25, 0.3) is 0 Å². The van der Waals surface area contributed by atoms with Crippen molar-refractivity contribution in [1.29, 1.82) is 0 Å². The van der Waals surface area contributed by atoms with E-state index in [9.17, 15) is 0 Å². The highest BCUT2D eigenvalue weighted by molar-refractivity contribution is 5.25. The van der Waals surface area contributed by atoms with Crippen molar-refractivity contribution in [2.24, 2.45) is 5.41 Å². The van der Waals surface area contributed by atoms with Gasteiger partial charge in [-0.15, -0.1) is 0 Å². The fraction of sp³-hybridized carbons (Fsp3) is 0.647. The summed E-state index contributed by atoms with van der Waals surface area (Å²) in [5, 5.41) is 3.53. The number of hydrogen-bond donors (Lipinski definition) is 1. The SMILES string of the molecule is CCCNCC(C)(C)CN(C)Cc1ccccc1C. The molecular weight excluding hydrogens is 232 g/mol. The minimum absolute atomic E-state index is 0.312. The first-order chi connectivity index (χ1) is 8.94. The molecule has 0 unspecified atom stereocenters. The van der Waals surface area contributed by atoms with Crippen molar-refractivity contribution in [2.45, 2.75) is 40.7 Å². The van der Waals surface area contributed by atoms with Gasteiger partial charge in [-0.1, -0.05) is 45.0 Å². The van der Waals surface area contributed by atoms with Gasteiger partial charge in [0.15, 0.2) is 0 Å². The lowest BCUT2D eigenvalue weighted by Gasteiger charge is -2.31. The van der Waals surface area contributed by atoms with Crippen LogP contribution in [-0.2, 0) is 6.54 Å². The highest BCUT2D eigenvalue weighted by Crippen LogP contribution is 2.17. The quantitative estimate of drug-likeness (QED) is 0.722. The molecule has 0 radical (unpaired) electrons. The van der Waals surface area contributed by atoms with Crippen LogP contribution >= 0.6 is 0 Å². The summed E-state index contributed by atoms with van der Waals surface area (Å²) in [6.07, 6.45) is 1.20. The summed E-state index contributed by atoms with van der Waals surface area (Å²) in [7, 11) is 2.22. The van der Waals surface area contributed by atoms with Crippen LogP contribution in [0, 0.1) is 12.3 Å². The Morgan fingerprint density at radius 3 is 2.53 bits per heavy atom. The molecule has 19 heavy (non-hydrogen) atoms. The van der Waals surface area contributed by atoms with Crippen molar-refractivity contribution in [3.05, 3.63) is 35.4 Å². The fourth-order valence-electron chi connectivity index (χ4n) is 2.52. The zero-order valence-electron chi connectivity index (χ0n) is 13.3. The van der Waals surface area contributed by atoms with Gasteiger partial charge in [0.05, 0.1) is 0 Å². The van der Waals surface area contributed by atoms with Crippen LogP contribution in [0.15, 0.2) is 24.3 Å². The lowest BCUT2D eigenvalue weighted by atomic mass is 9.92. The van der Waals surface area contributed by atoms with Gasteiger partial charge < -0.3 is 10.2 Å². The van der Waals surface area contributed by atoms with Crippen LogP contribution in [0.1, 0.15) is 38.3 Å². The van der Waals surface area contributed by atoms with Crippen LogP contribution in [0.4, 0.5) is 0 Å². The van der Waals surface area contributed by atoms with E-state index in [0.717, 1.165) is 26.2 Å². The molecule has 0 saturated heterocycles. The maximum Gasteiger partial charge on any atom is 0.0233 e. The van der Waals surface area contributed by atoms with E-state index in [1.54, 1.807) is 0 Å². The molecule has 1 rings (SSSR count). The van der Waals surface area contributed by atoms with E-state index in [2.05, 4.69) is 69.2 Å². The summed E-state index contributed by atoms with van der Waals surface area (Å²) in [4.78, 5) is 2.43. The summed E-state index contributed by atoms with van der Waals surface area (Å²) < 4.78 is 0. The van der Waals surface area contributed by atoms with Crippen molar-refractivity contribution >= 4 is 0 Å². The van der Waals surface area contributed by atoms with Crippen LogP contribution in [0.2, 0.25) is 0 Å². The molecule has 2 nitrogen and oxygen atoms in total. The monoisotopic (exact) mass is 262 g/mol. The first kappa shape index (κ1) is 16.2. The normalized spacial score (nSPS) is 12.1. The van der Waals surface area contributed by atoms with Crippen molar-refractivity contribution < 1.29 is 0 Å². The summed E-state index contributed by atoms with van der Waals surface area (Å²) in [5.41, 5.74) is 3.13. The van der Waals surface area contributed by atoms with Gasteiger partial charge in [0, 0.05) is 19.6 Å². The smallest absolute Gasteiger partial charge is 0.0233 e. The zero-order chi connectivity index (χ0) is 14.3. The second-order valence-electron chi connectivity index (χ2n) is 6.44.